The van der Waals surface area contributed by atoms with Gasteiger partial charge >= 0.3 is 0 Å². The van der Waals surface area contributed by atoms with Crippen LogP contribution in [0.2, 0.25) is 0 Å². The van der Waals surface area contributed by atoms with E-state index in [4.69, 9.17) is 0 Å². The number of carbonyl (C=O) groups excluding carboxylic acids is 2. The first-order chi connectivity index (χ1) is 14.1. The second-order valence-corrected chi connectivity index (χ2v) is 7.13. The van der Waals surface area contributed by atoms with E-state index in [1.54, 1.807) is 60.7 Å². The molecule has 0 amide bonds. The van der Waals surface area contributed by atoms with Crippen LogP contribution in [0.5, 0.6) is 5.75 Å². The number of aromatic hydroxyl groups is 1. The summed E-state index contributed by atoms with van der Waals surface area (Å²) in [4.78, 5) is 27.2. The molecule has 0 saturated carbocycles. The normalized spacial score (nSPS) is 14.8. The smallest absolute Gasteiger partial charge is 0.201 e. The van der Waals surface area contributed by atoms with E-state index in [9.17, 15) is 14.7 Å². The summed E-state index contributed by atoms with van der Waals surface area (Å²) in [5, 5.41) is 15.4. The molecule has 1 aliphatic carbocycles. The van der Waals surface area contributed by atoms with E-state index in [0.717, 1.165) is 10.8 Å². The second-order valence-electron chi connectivity index (χ2n) is 7.13. The second kappa shape index (κ2) is 6.31. The molecular weight excluding hydrogens is 362 g/mol. The van der Waals surface area contributed by atoms with Crippen LogP contribution in [0, 0.1) is 0 Å². The van der Waals surface area contributed by atoms with Crippen LogP contribution in [0.4, 0.5) is 5.69 Å². The van der Waals surface area contributed by atoms with E-state index in [2.05, 4.69) is 5.32 Å². The van der Waals surface area contributed by atoms with Crippen LogP contribution in [0.25, 0.3) is 10.8 Å². The zero-order chi connectivity index (χ0) is 20.0. The minimum absolute atomic E-state index is 0.0180. The molecule has 0 spiro atoms. The van der Waals surface area contributed by atoms with E-state index in [1.807, 2.05) is 30.3 Å². The molecule has 0 radical (unpaired) electrons. The average molecular weight is 379 g/mol. The summed E-state index contributed by atoms with van der Waals surface area (Å²) >= 11 is 0. The third kappa shape index (κ3) is 2.39. The van der Waals surface area contributed by atoms with Gasteiger partial charge in [-0.05, 0) is 17.0 Å². The van der Waals surface area contributed by atoms with Gasteiger partial charge in [0, 0.05) is 16.5 Å². The highest BCUT2D eigenvalue weighted by Gasteiger charge is 2.54. The summed E-state index contributed by atoms with van der Waals surface area (Å²) in [6.07, 6.45) is 0. The summed E-state index contributed by atoms with van der Waals surface area (Å²) in [5.74, 6) is -0.663. The molecule has 1 aliphatic rings. The lowest BCUT2D eigenvalue weighted by molar-refractivity contribution is 0.0819. The van der Waals surface area contributed by atoms with Crippen LogP contribution >= 0.6 is 0 Å². The fraction of sp³-hybridized carbons (Fsp3) is 0.0400. The summed E-state index contributed by atoms with van der Waals surface area (Å²) < 4.78 is 0. The van der Waals surface area contributed by atoms with Crippen molar-refractivity contribution in [3.63, 3.8) is 0 Å². The Morgan fingerprint density at radius 2 is 1.24 bits per heavy atom. The molecule has 4 aromatic rings. The number of phenols is 1. The fourth-order valence-electron chi connectivity index (χ4n) is 4.10. The van der Waals surface area contributed by atoms with Gasteiger partial charge in [-0.15, -0.1) is 0 Å². The molecule has 2 N–H and O–H groups in total. The minimum atomic E-state index is -1.63. The molecular formula is C25H17NO3. The molecule has 140 valence electrons. The monoisotopic (exact) mass is 379 g/mol. The van der Waals surface area contributed by atoms with Gasteiger partial charge in [-0.3, -0.25) is 9.59 Å². The molecule has 4 heteroatoms. The lowest BCUT2D eigenvalue weighted by Crippen LogP contribution is -2.46. The minimum Gasteiger partial charge on any atom is -0.506 e. The Kier molecular flexibility index (Phi) is 3.74. The van der Waals surface area contributed by atoms with Crippen molar-refractivity contribution in [1.82, 2.24) is 0 Å². The van der Waals surface area contributed by atoms with E-state index in [1.165, 1.54) is 0 Å². The largest absolute Gasteiger partial charge is 0.506 e. The van der Waals surface area contributed by atoms with Crippen LogP contribution in [0.3, 0.4) is 0 Å². The topological polar surface area (TPSA) is 66.4 Å². The summed E-state index contributed by atoms with van der Waals surface area (Å²) in [6, 6.07) is 26.7. The molecule has 0 bridgehead atoms. The summed E-state index contributed by atoms with van der Waals surface area (Å²) in [5.41, 5.74) is 0.0363. The number of hydrogen-bond donors (Lipinski definition) is 2. The number of hydrogen-bond acceptors (Lipinski definition) is 4. The first kappa shape index (κ1) is 17.2. The van der Waals surface area contributed by atoms with Crippen molar-refractivity contribution < 1.29 is 14.7 Å². The Morgan fingerprint density at radius 1 is 0.655 bits per heavy atom. The Bertz CT molecular complexity index is 1240. The van der Waals surface area contributed by atoms with Crippen LogP contribution in [-0.2, 0) is 5.54 Å². The van der Waals surface area contributed by atoms with Gasteiger partial charge in [0.25, 0.3) is 0 Å². The number of ketones is 2. The molecule has 0 saturated heterocycles. The number of benzene rings is 4. The summed E-state index contributed by atoms with van der Waals surface area (Å²) in [6.45, 7) is 0. The van der Waals surface area contributed by atoms with Crippen molar-refractivity contribution in [3.8, 4) is 5.75 Å². The Morgan fingerprint density at radius 3 is 1.93 bits per heavy atom. The Labute approximate surface area is 167 Å². The first-order valence-corrected chi connectivity index (χ1v) is 9.36. The van der Waals surface area contributed by atoms with Crippen LogP contribution in [0.15, 0.2) is 91.0 Å². The molecule has 5 rings (SSSR count). The molecule has 0 unspecified atom stereocenters. The fourth-order valence-corrected chi connectivity index (χ4v) is 4.10. The predicted molar refractivity (Wildman–Crippen MR) is 112 cm³/mol. The zero-order valence-corrected chi connectivity index (χ0v) is 15.4. The van der Waals surface area contributed by atoms with Crippen molar-refractivity contribution in [2.24, 2.45) is 0 Å². The highest BCUT2D eigenvalue weighted by Crippen LogP contribution is 2.43. The predicted octanol–water partition coefficient (Wildman–Crippen LogP) is 4.93. The lowest BCUT2D eigenvalue weighted by Gasteiger charge is -2.30. The molecule has 0 aliphatic heterocycles. The van der Waals surface area contributed by atoms with E-state index in [-0.39, 0.29) is 17.3 Å². The number of nitrogens with one attached hydrogen (secondary N) is 1. The van der Waals surface area contributed by atoms with Gasteiger partial charge in [0.2, 0.25) is 11.6 Å². The molecule has 0 fully saturated rings. The highest BCUT2D eigenvalue weighted by atomic mass is 16.3. The van der Waals surface area contributed by atoms with Gasteiger partial charge in [-0.1, -0.05) is 84.9 Å². The van der Waals surface area contributed by atoms with E-state index in [0.29, 0.717) is 22.4 Å². The van der Waals surface area contributed by atoms with Crippen LogP contribution < -0.4 is 5.32 Å². The Hall–Kier alpha value is -3.92. The number of anilines is 1. The average Bonchev–Trinajstić information content (AvgIpc) is 2.99. The van der Waals surface area contributed by atoms with Gasteiger partial charge in [0.1, 0.15) is 5.75 Å². The molecule has 0 aromatic heterocycles. The van der Waals surface area contributed by atoms with E-state index >= 15 is 0 Å². The molecule has 0 atom stereocenters. The van der Waals surface area contributed by atoms with Crippen molar-refractivity contribution in [2.75, 3.05) is 5.32 Å². The zero-order valence-electron chi connectivity index (χ0n) is 15.4. The first-order valence-electron chi connectivity index (χ1n) is 9.36. The third-order valence-corrected chi connectivity index (χ3v) is 5.52. The Balaban J connectivity index is 1.79. The quantitative estimate of drug-likeness (QED) is 0.391. The number of rotatable bonds is 3. The number of phenolic OH excluding ortho intramolecular Hbond substituents is 1. The molecule has 4 nitrogen and oxygen atoms in total. The van der Waals surface area contributed by atoms with Gasteiger partial charge in [-0.2, -0.15) is 0 Å². The SMILES string of the molecule is O=C1c2ccccc2C(=O)C1(Nc1c(O)ccc2ccccc12)c1ccccc1. The van der Waals surface area contributed by atoms with Crippen LogP contribution in [0.1, 0.15) is 26.3 Å². The van der Waals surface area contributed by atoms with Crippen molar-refractivity contribution in [3.05, 3.63) is 108 Å². The van der Waals surface area contributed by atoms with Gasteiger partial charge in [-0.25, -0.2) is 0 Å². The van der Waals surface area contributed by atoms with Crippen LogP contribution in [-0.4, -0.2) is 16.7 Å². The molecule has 4 aromatic carbocycles. The molecule has 0 heterocycles. The number of carbonyl (C=O) groups is 2. The highest BCUT2D eigenvalue weighted by molar-refractivity contribution is 6.34. The van der Waals surface area contributed by atoms with Gasteiger partial charge < -0.3 is 10.4 Å². The number of fused-ring (bicyclic) bond motifs is 2. The van der Waals surface area contributed by atoms with Gasteiger partial charge in [0.05, 0.1) is 5.69 Å². The maximum Gasteiger partial charge on any atom is 0.201 e. The van der Waals surface area contributed by atoms with Crippen molar-refractivity contribution >= 4 is 28.0 Å². The maximum atomic E-state index is 13.6. The van der Waals surface area contributed by atoms with Crippen molar-refractivity contribution in [1.29, 1.82) is 0 Å². The van der Waals surface area contributed by atoms with E-state index < -0.39 is 5.54 Å². The molecule has 29 heavy (non-hydrogen) atoms. The van der Waals surface area contributed by atoms with Crippen molar-refractivity contribution in [2.45, 2.75) is 5.54 Å². The third-order valence-electron chi connectivity index (χ3n) is 5.52. The number of Topliss-reactive ketones (excluding diaryl/α,β-unsaturated/α-hetero) is 2. The summed E-state index contributed by atoms with van der Waals surface area (Å²) in [7, 11) is 0. The van der Waals surface area contributed by atoms with Gasteiger partial charge in [0.15, 0.2) is 5.54 Å². The standard InChI is InChI=1S/C25H17NO3/c27-21-15-14-16-8-4-5-11-18(16)22(21)26-25(17-9-2-1-3-10-17)23(28)19-12-6-7-13-20(19)24(25)29/h1-15,26-27H. The maximum absolute atomic E-state index is 13.6. The lowest BCUT2D eigenvalue weighted by atomic mass is 9.84.